The Hall–Kier alpha value is -3.47. The molecular weight excluding hydrogens is 619 g/mol. The molecule has 4 N–H and O–H groups in total. The zero-order valence-corrected chi connectivity index (χ0v) is 26.2. The molecular formula is C26H27N7O5S4. The average molecular weight is 646 g/mol. The lowest BCUT2D eigenvalue weighted by Gasteiger charge is -2.49. The average Bonchev–Trinajstić information content (AvgIpc) is 3.61. The van der Waals surface area contributed by atoms with E-state index in [4.69, 9.17) is 10.6 Å². The second-order valence-electron chi connectivity index (χ2n) is 10.3. The number of aromatic nitrogens is 3. The van der Waals surface area contributed by atoms with Gasteiger partial charge in [0, 0.05) is 16.9 Å². The molecule has 12 nitrogen and oxygen atoms in total. The van der Waals surface area contributed by atoms with E-state index in [2.05, 4.69) is 57.9 Å². The van der Waals surface area contributed by atoms with Gasteiger partial charge in [-0.05, 0) is 33.6 Å². The number of carbonyl (C=O) groups is 3. The lowest BCUT2D eigenvalue weighted by molar-refractivity contribution is -0.150. The van der Waals surface area contributed by atoms with E-state index in [1.54, 1.807) is 5.38 Å². The van der Waals surface area contributed by atoms with Crippen LogP contribution in [0.2, 0.25) is 0 Å². The molecule has 2 aliphatic heterocycles. The van der Waals surface area contributed by atoms with Crippen LogP contribution in [0.5, 0.6) is 0 Å². The maximum Gasteiger partial charge on any atom is 0.352 e. The van der Waals surface area contributed by atoms with Crippen molar-refractivity contribution in [1.29, 1.82) is 0 Å². The van der Waals surface area contributed by atoms with Gasteiger partial charge in [-0.2, -0.15) is 0 Å². The Bertz CT molecular complexity index is 1590. The number of benzene rings is 1. The van der Waals surface area contributed by atoms with Crippen molar-refractivity contribution < 1.29 is 24.3 Å². The largest absolute Gasteiger partial charge is 0.477 e. The number of carbonyl (C=O) groups excluding carboxylic acids is 2. The number of amides is 2. The molecule has 1 aromatic carbocycles. The minimum Gasteiger partial charge on any atom is -0.477 e. The Morgan fingerprint density at radius 2 is 2.02 bits per heavy atom. The van der Waals surface area contributed by atoms with E-state index in [-0.39, 0.29) is 27.6 Å². The van der Waals surface area contributed by atoms with Crippen molar-refractivity contribution in [2.45, 2.75) is 42.6 Å². The van der Waals surface area contributed by atoms with Gasteiger partial charge in [-0.3, -0.25) is 14.5 Å². The third-order valence-corrected chi connectivity index (χ3v) is 10.5. The minimum absolute atomic E-state index is 0.0317. The van der Waals surface area contributed by atoms with Crippen LogP contribution in [0.15, 0.2) is 51.1 Å². The van der Waals surface area contributed by atoms with Crippen LogP contribution in [0.1, 0.15) is 32.0 Å². The molecule has 1 saturated heterocycles. The standard InChI is InChI=1S/C26H27N7O5S4/c1-26(2,3)14-7-5-12(6-8-14)19-21(30-32-42-19)39-9-13-10-40-23-17(22(35)33(23)18(13)24(36)37)29-20(34)16(31-38-4)15-11-41-25(27)28-15/h5-8,11,17,23H,9-10H2,1-4H3,(H2,27,28)(H,29,34)(H,36,37). The summed E-state index contributed by atoms with van der Waals surface area (Å²) in [5.41, 5.74) is 8.51. The van der Waals surface area contributed by atoms with Gasteiger partial charge >= 0.3 is 5.97 Å². The number of aliphatic carboxylic acids is 1. The summed E-state index contributed by atoms with van der Waals surface area (Å²) in [5.74, 6) is -1.73. The fourth-order valence-electron chi connectivity index (χ4n) is 4.43. The Kier molecular flexibility index (Phi) is 8.59. The Labute approximate surface area is 258 Å². The molecule has 42 heavy (non-hydrogen) atoms. The van der Waals surface area contributed by atoms with E-state index >= 15 is 0 Å². The number of nitrogens with one attached hydrogen (secondary N) is 1. The van der Waals surface area contributed by atoms with Crippen molar-refractivity contribution in [3.8, 4) is 10.4 Å². The predicted octanol–water partition coefficient (Wildman–Crippen LogP) is 3.42. The summed E-state index contributed by atoms with van der Waals surface area (Å²) >= 11 is 5.18. The predicted molar refractivity (Wildman–Crippen MR) is 165 cm³/mol. The van der Waals surface area contributed by atoms with Gasteiger partial charge < -0.3 is 21.0 Å². The third kappa shape index (κ3) is 5.88. The summed E-state index contributed by atoms with van der Waals surface area (Å²) in [6, 6.07) is 7.33. The van der Waals surface area contributed by atoms with Gasteiger partial charge in [0.25, 0.3) is 11.8 Å². The Morgan fingerprint density at radius 1 is 1.29 bits per heavy atom. The van der Waals surface area contributed by atoms with Crippen molar-refractivity contribution in [2.24, 2.45) is 5.16 Å². The minimum atomic E-state index is -1.21. The van der Waals surface area contributed by atoms with E-state index in [9.17, 15) is 19.5 Å². The third-order valence-electron chi connectivity index (χ3n) is 6.55. The number of hydrogen-bond acceptors (Lipinski definition) is 13. The molecule has 0 saturated carbocycles. The zero-order valence-electron chi connectivity index (χ0n) is 23.0. The molecule has 16 heteroatoms. The van der Waals surface area contributed by atoms with Gasteiger partial charge in [0.15, 0.2) is 10.8 Å². The van der Waals surface area contributed by atoms with Crippen LogP contribution in [-0.4, -0.2) is 78.1 Å². The van der Waals surface area contributed by atoms with Crippen molar-refractivity contribution in [3.63, 3.8) is 0 Å². The fourth-order valence-corrected chi connectivity index (χ4v) is 8.25. The van der Waals surface area contributed by atoms with Gasteiger partial charge in [-0.25, -0.2) is 9.78 Å². The lowest BCUT2D eigenvalue weighted by Crippen LogP contribution is -2.71. The number of nitrogen functional groups attached to an aromatic ring is 1. The van der Waals surface area contributed by atoms with Crippen molar-refractivity contribution in [3.05, 3.63) is 52.2 Å². The van der Waals surface area contributed by atoms with Crippen LogP contribution in [0.25, 0.3) is 10.4 Å². The zero-order chi connectivity index (χ0) is 30.2. The number of carboxylic acid groups (broad SMARTS) is 1. The normalized spacial score (nSPS) is 18.9. The fraction of sp³-hybridized carbons (Fsp3) is 0.346. The maximum absolute atomic E-state index is 13.2. The van der Waals surface area contributed by atoms with Gasteiger partial charge in [0.1, 0.15) is 34.9 Å². The monoisotopic (exact) mass is 645 g/mol. The van der Waals surface area contributed by atoms with E-state index in [1.807, 2.05) is 12.1 Å². The van der Waals surface area contributed by atoms with Crippen LogP contribution in [0.4, 0.5) is 5.13 Å². The molecule has 2 aromatic heterocycles. The highest BCUT2D eigenvalue weighted by Crippen LogP contribution is 2.42. The summed E-state index contributed by atoms with van der Waals surface area (Å²) in [4.78, 5) is 49.4. The van der Waals surface area contributed by atoms with Crippen molar-refractivity contribution in [1.82, 2.24) is 24.8 Å². The molecule has 220 valence electrons. The van der Waals surface area contributed by atoms with Gasteiger partial charge in [-0.1, -0.05) is 66.4 Å². The van der Waals surface area contributed by atoms with E-state index in [0.717, 1.165) is 21.8 Å². The smallest absolute Gasteiger partial charge is 0.352 e. The summed E-state index contributed by atoms with van der Waals surface area (Å²) in [7, 11) is 1.28. The number of β-lactam (4-membered cyclic amide) rings is 1. The van der Waals surface area contributed by atoms with E-state index in [0.29, 0.717) is 22.1 Å². The van der Waals surface area contributed by atoms with Crippen LogP contribution in [0, 0.1) is 0 Å². The quantitative estimate of drug-likeness (QED) is 0.135. The van der Waals surface area contributed by atoms with Gasteiger partial charge in [0.2, 0.25) is 0 Å². The Morgan fingerprint density at radius 3 is 2.64 bits per heavy atom. The van der Waals surface area contributed by atoms with Crippen LogP contribution < -0.4 is 11.1 Å². The summed E-state index contributed by atoms with van der Waals surface area (Å²) in [6.45, 7) is 6.47. The number of fused-ring (bicyclic) bond motifs is 1. The highest BCUT2D eigenvalue weighted by molar-refractivity contribution is 8.01. The molecule has 1 fully saturated rings. The number of anilines is 1. The number of nitrogens with zero attached hydrogens (tertiary/aromatic N) is 5. The number of hydrogen-bond donors (Lipinski definition) is 3. The first kappa shape index (κ1) is 30.0. The van der Waals surface area contributed by atoms with E-state index < -0.39 is 29.2 Å². The summed E-state index contributed by atoms with van der Waals surface area (Å²) in [5, 5.41) is 22.6. The first-order valence-electron chi connectivity index (χ1n) is 12.6. The van der Waals surface area contributed by atoms with Crippen LogP contribution >= 0.6 is 46.4 Å². The SMILES string of the molecule is CON=C(C(=O)NC1C(=O)N2C(C(=O)O)=C(CSc3nnsc3-c3ccc(C(C)(C)C)cc3)CSC12)c1csc(N)n1. The molecule has 0 bridgehead atoms. The van der Waals surface area contributed by atoms with Crippen molar-refractivity contribution in [2.75, 3.05) is 24.3 Å². The number of carboxylic acids is 1. The molecule has 2 unspecified atom stereocenters. The topological polar surface area (TPSA) is 173 Å². The van der Waals surface area contributed by atoms with Gasteiger partial charge in [0.05, 0.1) is 4.88 Å². The summed E-state index contributed by atoms with van der Waals surface area (Å²) < 4.78 is 4.13. The molecule has 2 aliphatic rings. The first-order chi connectivity index (χ1) is 20.0. The van der Waals surface area contributed by atoms with Gasteiger partial charge in [-0.15, -0.1) is 28.2 Å². The molecule has 4 heterocycles. The second-order valence-corrected chi connectivity index (χ2v) is 14.0. The van der Waals surface area contributed by atoms with Crippen molar-refractivity contribution >= 4 is 75.0 Å². The van der Waals surface area contributed by atoms with E-state index in [1.165, 1.54) is 52.6 Å². The highest BCUT2D eigenvalue weighted by Gasteiger charge is 2.54. The highest BCUT2D eigenvalue weighted by atomic mass is 32.2. The molecule has 3 aromatic rings. The summed E-state index contributed by atoms with van der Waals surface area (Å²) in [6.07, 6.45) is 0. The molecule has 5 rings (SSSR count). The molecule has 2 amide bonds. The van der Waals surface area contributed by atoms with Crippen LogP contribution in [-0.2, 0) is 24.6 Å². The number of thioether (sulfide) groups is 2. The molecule has 0 aliphatic carbocycles. The maximum atomic E-state index is 13.2. The second kappa shape index (κ2) is 12.0. The molecule has 0 spiro atoms. The molecule has 2 atom stereocenters. The number of thiazole rings is 1. The van der Waals surface area contributed by atoms with Crippen LogP contribution in [0.3, 0.4) is 0 Å². The number of oxime groups is 1. The number of nitrogens with two attached hydrogens (primary N) is 1. The molecule has 0 radical (unpaired) electrons. The lowest BCUT2D eigenvalue weighted by atomic mass is 9.87. The first-order valence-corrected chi connectivity index (χ1v) is 16.3. The Balaban J connectivity index is 1.30. The number of rotatable bonds is 9.